The third-order valence-corrected chi connectivity index (χ3v) is 6.21. The molecule has 172 valence electrons. The molecule has 1 aliphatic rings. The molecule has 0 radical (unpaired) electrons. The quantitative estimate of drug-likeness (QED) is 0.424. The van der Waals surface area contributed by atoms with E-state index >= 15 is 0 Å². The zero-order valence-electron chi connectivity index (χ0n) is 18.6. The molecule has 3 aromatic rings. The fourth-order valence-electron chi connectivity index (χ4n) is 4.40. The first-order chi connectivity index (χ1) is 16.0. The summed E-state index contributed by atoms with van der Waals surface area (Å²) < 4.78 is 5.49. The Bertz CT molecular complexity index is 1100. The van der Waals surface area contributed by atoms with Crippen molar-refractivity contribution >= 4 is 29.3 Å². The van der Waals surface area contributed by atoms with Crippen molar-refractivity contribution in [1.29, 1.82) is 0 Å². The number of carbonyl (C=O) groups is 2. The molecule has 8 heteroatoms. The molecule has 8 nitrogen and oxygen atoms in total. The minimum absolute atomic E-state index is 0.118. The summed E-state index contributed by atoms with van der Waals surface area (Å²) in [6.45, 7) is 2.06. The Balaban J connectivity index is 1.32. The van der Waals surface area contributed by atoms with Gasteiger partial charge in [0.05, 0.1) is 0 Å². The molecular weight excluding hydrogens is 420 g/mol. The minimum Gasteiger partial charge on any atom is -0.481 e. The Kier molecular flexibility index (Phi) is 7.02. The highest BCUT2D eigenvalue weighted by molar-refractivity contribution is 6.00. The average molecular weight is 449 g/mol. The monoisotopic (exact) mass is 448 g/mol. The predicted molar refractivity (Wildman–Crippen MR) is 125 cm³/mol. The summed E-state index contributed by atoms with van der Waals surface area (Å²) in [6, 6.07) is 15.7. The molecule has 4 rings (SSSR count). The van der Waals surface area contributed by atoms with Crippen LogP contribution in [0.2, 0.25) is 0 Å². The van der Waals surface area contributed by atoms with E-state index in [2.05, 4.69) is 27.8 Å². The number of amides is 1. The Labute approximate surface area is 192 Å². The van der Waals surface area contributed by atoms with Crippen molar-refractivity contribution in [2.24, 2.45) is 5.92 Å². The number of nitrogens with zero attached hydrogens (tertiary/aromatic N) is 2. The number of aryl methyl sites for hydroxylation is 1. The number of hydrogen-bond donors (Lipinski definition) is 3. The highest BCUT2D eigenvalue weighted by Gasteiger charge is 2.24. The van der Waals surface area contributed by atoms with Crippen molar-refractivity contribution in [2.45, 2.75) is 51.4 Å². The Morgan fingerprint density at radius 1 is 1.03 bits per heavy atom. The van der Waals surface area contributed by atoms with Gasteiger partial charge in [0.15, 0.2) is 0 Å². The first kappa shape index (κ1) is 22.5. The molecule has 1 aliphatic carbocycles. The van der Waals surface area contributed by atoms with Gasteiger partial charge in [-0.2, -0.15) is 0 Å². The molecule has 0 atom stereocenters. The van der Waals surface area contributed by atoms with Crippen molar-refractivity contribution in [2.75, 3.05) is 10.6 Å². The summed E-state index contributed by atoms with van der Waals surface area (Å²) >= 11 is 0. The van der Waals surface area contributed by atoms with Crippen LogP contribution < -0.4 is 10.6 Å². The van der Waals surface area contributed by atoms with E-state index in [0.717, 1.165) is 43.4 Å². The van der Waals surface area contributed by atoms with Crippen LogP contribution >= 0.6 is 0 Å². The van der Waals surface area contributed by atoms with Gasteiger partial charge < -0.3 is 20.2 Å². The largest absolute Gasteiger partial charge is 0.481 e. The molecule has 2 aromatic carbocycles. The fourth-order valence-corrected chi connectivity index (χ4v) is 4.40. The lowest BCUT2D eigenvalue weighted by atomic mass is 9.77. The topological polar surface area (TPSA) is 117 Å². The van der Waals surface area contributed by atoms with Crippen molar-refractivity contribution in [3.63, 3.8) is 0 Å². The molecule has 3 N–H and O–H groups in total. The van der Waals surface area contributed by atoms with Gasteiger partial charge in [-0.15, -0.1) is 5.10 Å². The van der Waals surface area contributed by atoms with E-state index in [1.807, 2.05) is 48.5 Å². The molecule has 1 saturated carbocycles. The van der Waals surface area contributed by atoms with Gasteiger partial charge in [-0.3, -0.25) is 9.59 Å². The second kappa shape index (κ2) is 10.3. The number of benzene rings is 2. The molecular formula is C25H28N4O4. The number of aromatic nitrogens is 2. The summed E-state index contributed by atoms with van der Waals surface area (Å²) in [4.78, 5) is 23.4. The van der Waals surface area contributed by atoms with Gasteiger partial charge in [0, 0.05) is 17.8 Å². The zero-order chi connectivity index (χ0) is 23.2. The number of carboxylic acids is 1. The number of carboxylic acid groups (broad SMARTS) is 1. The molecule has 33 heavy (non-hydrogen) atoms. The van der Waals surface area contributed by atoms with E-state index in [9.17, 15) is 9.59 Å². The van der Waals surface area contributed by atoms with E-state index in [-0.39, 0.29) is 24.2 Å². The first-order valence-electron chi connectivity index (χ1n) is 11.3. The maximum atomic E-state index is 12.5. The molecule has 1 aromatic heterocycles. The number of rotatable bonds is 8. The van der Waals surface area contributed by atoms with Crippen LogP contribution in [0.4, 0.5) is 17.4 Å². The van der Waals surface area contributed by atoms with Crippen LogP contribution in [0.3, 0.4) is 0 Å². The van der Waals surface area contributed by atoms with E-state index in [1.54, 1.807) is 0 Å². The summed E-state index contributed by atoms with van der Waals surface area (Å²) in [7, 11) is 0. The van der Waals surface area contributed by atoms with E-state index < -0.39 is 11.9 Å². The number of carbonyl (C=O) groups excluding carboxylic acids is 1. The van der Waals surface area contributed by atoms with E-state index in [4.69, 9.17) is 9.52 Å². The van der Waals surface area contributed by atoms with Crippen LogP contribution in [-0.4, -0.2) is 27.2 Å². The van der Waals surface area contributed by atoms with E-state index in [1.165, 1.54) is 5.56 Å². The first-order valence-corrected chi connectivity index (χ1v) is 11.3. The average Bonchev–Trinajstić information content (AvgIpc) is 3.29. The third-order valence-electron chi connectivity index (χ3n) is 6.21. The lowest BCUT2D eigenvalue weighted by molar-refractivity contribution is -0.138. The van der Waals surface area contributed by atoms with Crippen molar-refractivity contribution in [3.8, 4) is 0 Å². The van der Waals surface area contributed by atoms with Crippen LogP contribution in [0.5, 0.6) is 0 Å². The summed E-state index contributed by atoms with van der Waals surface area (Å²) in [6.07, 6.45) is 4.96. The molecule has 0 unspecified atom stereocenters. The van der Waals surface area contributed by atoms with Gasteiger partial charge in [-0.25, -0.2) is 0 Å². The number of aliphatic carboxylic acids is 1. The number of anilines is 3. The lowest BCUT2D eigenvalue weighted by Gasteiger charge is -2.28. The van der Waals surface area contributed by atoms with Gasteiger partial charge >= 0.3 is 23.8 Å². The SMILES string of the molecule is CCc1ccccc1Nc1nnc(C(=O)Nc2ccc(C3CCC(CC(=O)O)CC3)cc2)o1. The zero-order valence-corrected chi connectivity index (χ0v) is 18.6. The maximum Gasteiger partial charge on any atom is 0.320 e. The van der Waals surface area contributed by atoms with Gasteiger partial charge in [0.1, 0.15) is 0 Å². The smallest absolute Gasteiger partial charge is 0.320 e. The minimum atomic E-state index is -0.714. The summed E-state index contributed by atoms with van der Waals surface area (Å²) in [5.74, 6) is -0.598. The molecule has 1 fully saturated rings. The van der Waals surface area contributed by atoms with Gasteiger partial charge in [-0.05, 0) is 73.3 Å². The van der Waals surface area contributed by atoms with Gasteiger partial charge in [-0.1, -0.05) is 42.4 Å². The fraction of sp³-hybridized carbons (Fsp3) is 0.360. The Morgan fingerprint density at radius 2 is 1.76 bits per heavy atom. The van der Waals surface area contributed by atoms with Crippen molar-refractivity contribution in [1.82, 2.24) is 10.2 Å². The van der Waals surface area contributed by atoms with Crippen LogP contribution in [0, 0.1) is 5.92 Å². The van der Waals surface area contributed by atoms with Crippen LogP contribution in [0.15, 0.2) is 52.9 Å². The Morgan fingerprint density at radius 3 is 2.45 bits per heavy atom. The highest BCUT2D eigenvalue weighted by atomic mass is 16.4. The van der Waals surface area contributed by atoms with Crippen LogP contribution in [0.25, 0.3) is 0 Å². The number of nitrogens with one attached hydrogen (secondary N) is 2. The van der Waals surface area contributed by atoms with Crippen LogP contribution in [-0.2, 0) is 11.2 Å². The molecule has 0 aliphatic heterocycles. The Hall–Kier alpha value is -3.68. The van der Waals surface area contributed by atoms with E-state index in [0.29, 0.717) is 11.6 Å². The van der Waals surface area contributed by atoms with Crippen molar-refractivity contribution in [3.05, 3.63) is 65.5 Å². The van der Waals surface area contributed by atoms with Gasteiger partial charge in [0.2, 0.25) is 0 Å². The lowest BCUT2D eigenvalue weighted by Crippen LogP contribution is -2.16. The molecule has 0 bridgehead atoms. The molecule has 1 amide bonds. The maximum absolute atomic E-state index is 12.5. The molecule has 0 spiro atoms. The third kappa shape index (κ3) is 5.77. The normalized spacial score (nSPS) is 18.0. The highest BCUT2D eigenvalue weighted by Crippen LogP contribution is 2.37. The number of para-hydroxylation sites is 1. The molecule has 1 heterocycles. The van der Waals surface area contributed by atoms with Gasteiger partial charge in [0.25, 0.3) is 0 Å². The summed E-state index contributed by atoms with van der Waals surface area (Å²) in [5.41, 5.74) is 3.83. The standard InChI is InChI=1S/C25H28N4O4/c1-2-17-5-3-4-6-21(17)27-25-29-28-24(33-25)23(32)26-20-13-11-19(12-14-20)18-9-7-16(8-10-18)15-22(30)31/h3-6,11-14,16,18H,2,7-10,15H2,1H3,(H,26,32)(H,27,29)(H,30,31). The van der Waals surface area contributed by atoms with Crippen molar-refractivity contribution < 1.29 is 19.1 Å². The second-order valence-corrected chi connectivity index (χ2v) is 8.44. The van der Waals surface area contributed by atoms with Crippen LogP contribution in [0.1, 0.15) is 66.8 Å². The number of hydrogen-bond acceptors (Lipinski definition) is 6. The molecule has 0 saturated heterocycles. The predicted octanol–water partition coefficient (Wildman–Crippen LogP) is 5.38. The summed E-state index contributed by atoms with van der Waals surface area (Å²) in [5, 5.41) is 22.6. The second-order valence-electron chi connectivity index (χ2n) is 8.44.